The Morgan fingerprint density at radius 2 is 1.86 bits per heavy atom. The van der Waals surface area contributed by atoms with Gasteiger partial charge in [-0.15, -0.1) is 0 Å². The van der Waals surface area contributed by atoms with Gasteiger partial charge in [0.2, 0.25) is 0 Å². The Labute approximate surface area is 137 Å². The third-order valence-corrected chi connectivity index (χ3v) is 3.96. The molecule has 0 fully saturated rings. The van der Waals surface area contributed by atoms with Crippen LogP contribution in [-0.4, -0.2) is 16.1 Å². The minimum absolute atomic E-state index is 0.194. The highest BCUT2D eigenvalue weighted by Gasteiger charge is 2.15. The van der Waals surface area contributed by atoms with Crippen molar-refractivity contribution in [2.24, 2.45) is 0 Å². The molecule has 0 aliphatic rings. The Hall–Kier alpha value is -2.10. The second-order valence-corrected chi connectivity index (χ2v) is 5.85. The van der Waals surface area contributed by atoms with Gasteiger partial charge in [0.1, 0.15) is 0 Å². The fourth-order valence-corrected chi connectivity index (χ4v) is 2.73. The molecule has 1 aromatic heterocycles. The number of carboxylic acids is 1. The number of aryl methyl sites for hydroxylation is 1. The molecule has 0 aliphatic carbocycles. The fraction of sp³-hybridized carbons (Fsp3) is 0.0588. The molecule has 5 heteroatoms. The Morgan fingerprint density at radius 3 is 2.59 bits per heavy atom. The van der Waals surface area contributed by atoms with Crippen molar-refractivity contribution in [2.45, 2.75) is 6.92 Å². The number of halogens is 2. The maximum atomic E-state index is 11.6. The lowest BCUT2D eigenvalue weighted by molar-refractivity contribution is 0.0699. The molecule has 0 aliphatic heterocycles. The van der Waals surface area contributed by atoms with Crippen LogP contribution in [0.4, 0.5) is 0 Å². The number of aromatic nitrogens is 1. The molecule has 0 saturated carbocycles. The number of pyridine rings is 1. The van der Waals surface area contributed by atoms with Crippen molar-refractivity contribution < 1.29 is 9.90 Å². The predicted octanol–water partition coefficient (Wildman–Crippen LogP) is 5.22. The topological polar surface area (TPSA) is 50.2 Å². The minimum atomic E-state index is -1.00. The summed E-state index contributed by atoms with van der Waals surface area (Å²) in [7, 11) is 0. The number of nitrogens with zero attached hydrogens (tertiary/aromatic N) is 1. The summed E-state index contributed by atoms with van der Waals surface area (Å²) in [6, 6.07) is 12.1. The van der Waals surface area contributed by atoms with Crippen LogP contribution in [0.15, 0.2) is 42.5 Å². The Bertz CT molecular complexity index is 907. The summed E-state index contributed by atoms with van der Waals surface area (Å²) in [4.78, 5) is 16.1. The zero-order valence-electron chi connectivity index (χ0n) is 11.6. The number of hydrogen-bond acceptors (Lipinski definition) is 2. The van der Waals surface area contributed by atoms with Crippen molar-refractivity contribution in [1.82, 2.24) is 4.98 Å². The summed E-state index contributed by atoms with van der Waals surface area (Å²) in [6.07, 6.45) is 0. The normalized spacial score (nSPS) is 10.9. The maximum absolute atomic E-state index is 11.6. The lowest BCUT2D eigenvalue weighted by atomic mass is 10.0. The maximum Gasteiger partial charge on any atom is 0.336 e. The first kappa shape index (κ1) is 14.8. The molecular weight excluding hydrogens is 321 g/mol. The van der Waals surface area contributed by atoms with Gasteiger partial charge in [-0.05, 0) is 43.3 Å². The Morgan fingerprint density at radius 1 is 1.09 bits per heavy atom. The summed E-state index contributed by atoms with van der Waals surface area (Å²) in [6.45, 7) is 1.91. The van der Waals surface area contributed by atoms with Gasteiger partial charge in [-0.1, -0.05) is 34.8 Å². The molecule has 0 unspecified atom stereocenters. The van der Waals surface area contributed by atoms with Crippen LogP contribution in [0.1, 0.15) is 15.9 Å². The zero-order valence-corrected chi connectivity index (χ0v) is 13.1. The zero-order chi connectivity index (χ0) is 15.9. The largest absolute Gasteiger partial charge is 0.478 e. The molecule has 0 radical (unpaired) electrons. The lowest BCUT2D eigenvalue weighted by Crippen LogP contribution is -2.00. The van der Waals surface area contributed by atoms with E-state index in [2.05, 4.69) is 4.98 Å². The molecule has 0 bridgehead atoms. The van der Waals surface area contributed by atoms with Crippen molar-refractivity contribution in [3.05, 3.63) is 63.6 Å². The van der Waals surface area contributed by atoms with E-state index in [-0.39, 0.29) is 5.56 Å². The van der Waals surface area contributed by atoms with Crippen molar-refractivity contribution in [3.8, 4) is 11.3 Å². The van der Waals surface area contributed by atoms with E-state index in [1.807, 2.05) is 19.1 Å². The Balaban J connectivity index is 2.34. The van der Waals surface area contributed by atoms with E-state index < -0.39 is 5.97 Å². The molecule has 3 aromatic rings. The summed E-state index contributed by atoms with van der Waals surface area (Å²) >= 11 is 12.2. The van der Waals surface area contributed by atoms with Crippen molar-refractivity contribution in [2.75, 3.05) is 0 Å². The second kappa shape index (κ2) is 5.59. The van der Waals surface area contributed by atoms with Gasteiger partial charge in [-0.25, -0.2) is 9.78 Å². The van der Waals surface area contributed by atoms with Gasteiger partial charge in [0.25, 0.3) is 0 Å². The first-order valence-electron chi connectivity index (χ1n) is 6.56. The van der Waals surface area contributed by atoms with Crippen molar-refractivity contribution in [1.29, 1.82) is 0 Å². The van der Waals surface area contributed by atoms with Crippen LogP contribution in [0.3, 0.4) is 0 Å². The van der Waals surface area contributed by atoms with E-state index in [9.17, 15) is 9.90 Å². The molecule has 2 aromatic carbocycles. The van der Waals surface area contributed by atoms with Crippen LogP contribution in [0.5, 0.6) is 0 Å². The van der Waals surface area contributed by atoms with E-state index in [0.29, 0.717) is 32.2 Å². The van der Waals surface area contributed by atoms with E-state index in [1.54, 1.807) is 24.3 Å². The highest BCUT2D eigenvalue weighted by atomic mass is 35.5. The number of benzene rings is 2. The predicted molar refractivity (Wildman–Crippen MR) is 88.9 cm³/mol. The number of carbonyl (C=O) groups is 1. The summed E-state index contributed by atoms with van der Waals surface area (Å²) in [5, 5.41) is 11.1. The molecule has 0 spiro atoms. The number of hydrogen-bond donors (Lipinski definition) is 1. The first-order chi connectivity index (χ1) is 10.5. The third-order valence-electron chi connectivity index (χ3n) is 3.40. The van der Waals surface area contributed by atoms with E-state index >= 15 is 0 Å². The van der Waals surface area contributed by atoms with Gasteiger partial charge in [-0.2, -0.15) is 0 Å². The number of fused-ring (bicyclic) bond motifs is 1. The van der Waals surface area contributed by atoms with Gasteiger partial charge in [0, 0.05) is 16.0 Å². The van der Waals surface area contributed by atoms with E-state index in [1.165, 1.54) is 6.07 Å². The number of rotatable bonds is 2. The van der Waals surface area contributed by atoms with Crippen LogP contribution in [0.25, 0.3) is 22.2 Å². The van der Waals surface area contributed by atoms with Gasteiger partial charge in [0.05, 0.1) is 21.8 Å². The van der Waals surface area contributed by atoms with E-state index in [0.717, 1.165) is 5.56 Å². The fourth-order valence-electron chi connectivity index (χ4n) is 2.35. The number of carboxylic acid groups (broad SMARTS) is 1. The standard InChI is InChI=1S/C17H11Cl2NO2/c1-9-2-5-15-11(6-9)12(17(21)22)8-16(20-15)13-7-10(18)3-4-14(13)19/h2-8H,1H3,(H,21,22). The summed E-state index contributed by atoms with van der Waals surface area (Å²) in [5.41, 5.74) is 2.88. The monoisotopic (exact) mass is 331 g/mol. The third kappa shape index (κ3) is 2.65. The molecule has 0 atom stereocenters. The van der Waals surface area contributed by atoms with Crippen molar-refractivity contribution >= 4 is 40.1 Å². The molecule has 3 nitrogen and oxygen atoms in total. The molecule has 0 saturated heterocycles. The summed E-state index contributed by atoms with van der Waals surface area (Å²) in [5.74, 6) is -1.00. The number of aromatic carboxylic acids is 1. The molecule has 0 amide bonds. The van der Waals surface area contributed by atoms with Crippen LogP contribution in [0.2, 0.25) is 10.0 Å². The average molecular weight is 332 g/mol. The molecule has 1 N–H and O–H groups in total. The van der Waals surface area contributed by atoms with Gasteiger partial charge < -0.3 is 5.11 Å². The van der Waals surface area contributed by atoms with Gasteiger partial charge >= 0.3 is 5.97 Å². The molecular formula is C17H11Cl2NO2. The highest BCUT2D eigenvalue weighted by molar-refractivity contribution is 6.35. The van der Waals surface area contributed by atoms with Gasteiger partial charge in [0.15, 0.2) is 0 Å². The molecule has 3 rings (SSSR count). The molecule has 110 valence electrons. The summed E-state index contributed by atoms with van der Waals surface area (Å²) < 4.78 is 0. The van der Waals surface area contributed by atoms with Crippen LogP contribution < -0.4 is 0 Å². The average Bonchev–Trinajstić information content (AvgIpc) is 2.48. The molecule has 1 heterocycles. The van der Waals surface area contributed by atoms with Crippen LogP contribution in [-0.2, 0) is 0 Å². The van der Waals surface area contributed by atoms with Crippen LogP contribution >= 0.6 is 23.2 Å². The SMILES string of the molecule is Cc1ccc2nc(-c3cc(Cl)ccc3Cl)cc(C(=O)O)c2c1. The highest BCUT2D eigenvalue weighted by Crippen LogP contribution is 2.32. The van der Waals surface area contributed by atoms with E-state index in [4.69, 9.17) is 23.2 Å². The quantitative estimate of drug-likeness (QED) is 0.700. The minimum Gasteiger partial charge on any atom is -0.478 e. The van der Waals surface area contributed by atoms with Gasteiger partial charge in [-0.3, -0.25) is 0 Å². The lowest BCUT2D eigenvalue weighted by Gasteiger charge is -2.09. The Kier molecular flexibility index (Phi) is 3.77. The van der Waals surface area contributed by atoms with Crippen LogP contribution in [0, 0.1) is 6.92 Å². The van der Waals surface area contributed by atoms with Crippen molar-refractivity contribution in [3.63, 3.8) is 0 Å². The molecule has 22 heavy (non-hydrogen) atoms. The first-order valence-corrected chi connectivity index (χ1v) is 7.31. The smallest absolute Gasteiger partial charge is 0.336 e. The second-order valence-electron chi connectivity index (χ2n) is 5.00.